The largest absolute Gasteiger partial charge is 0.477 e. The molecule has 5 rings (SSSR count). The Bertz CT molecular complexity index is 599. The minimum Gasteiger partial charge on any atom is -0.477 e. The predicted octanol–water partition coefficient (Wildman–Crippen LogP) is 1.87. The minimum absolute atomic E-state index is 0.104. The van der Waals surface area contributed by atoms with Gasteiger partial charge in [-0.05, 0) is 62.3 Å². The lowest BCUT2D eigenvalue weighted by Gasteiger charge is -2.57. The van der Waals surface area contributed by atoms with Crippen molar-refractivity contribution in [3.8, 4) is 0 Å². The zero-order valence-electron chi connectivity index (χ0n) is 11.3. The summed E-state index contributed by atoms with van der Waals surface area (Å²) in [5, 5.41) is 9.40. The maximum atomic E-state index is 12.2. The van der Waals surface area contributed by atoms with Gasteiger partial charge >= 0.3 is 11.7 Å². The summed E-state index contributed by atoms with van der Waals surface area (Å²) in [4.78, 5) is 27.6. The van der Waals surface area contributed by atoms with Crippen molar-refractivity contribution in [2.24, 2.45) is 17.8 Å². The van der Waals surface area contributed by atoms with E-state index in [1.807, 2.05) is 0 Å². The van der Waals surface area contributed by atoms with Crippen molar-refractivity contribution in [1.82, 2.24) is 9.55 Å². The molecule has 1 aromatic heterocycles. The first-order valence-corrected chi connectivity index (χ1v) is 7.39. The van der Waals surface area contributed by atoms with Crippen LogP contribution < -0.4 is 5.69 Å². The number of hydrogen-bond donors (Lipinski definition) is 1. The van der Waals surface area contributed by atoms with Crippen LogP contribution in [0.4, 0.5) is 0 Å². The Kier molecular flexibility index (Phi) is 2.38. The van der Waals surface area contributed by atoms with Crippen molar-refractivity contribution in [3.63, 3.8) is 0 Å². The van der Waals surface area contributed by atoms with Gasteiger partial charge in [0.1, 0.15) is 5.69 Å². The van der Waals surface area contributed by atoms with Gasteiger partial charge in [-0.1, -0.05) is 0 Å². The quantitative estimate of drug-likeness (QED) is 0.893. The minimum atomic E-state index is -1.03. The molecule has 5 heteroatoms. The highest BCUT2D eigenvalue weighted by atomic mass is 16.4. The first-order valence-electron chi connectivity index (χ1n) is 7.39. The Balaban J connectivity index is 1.89. The average Bonchev–Trinajstić information content (AvgIpc) is 2.36. The molecule has 1 heterocycles. The van der Waals surface area contributed by atoms with Crippen molar-refractivity contribution < 1.29 is 9.90 Å². The number of carboxylic acids is 1. The summed E-state index contributed by atoms with van der Waals surface area (Å²) in [5.41, 5.74) is -0.577. The van der Waals surface area contributed by atoms with Gasteiger partial charge in [0, 0.05) is 6.20 Å². The molecule has 4 aliphatic carbocycles. The number of carbonyl (C=O) groups is 1. The van der Waals surface area contributed by atoms with Gasteiger partial charge in [-0.2, -0.15) is 0 Å². The molecule has 20 heavy (non-hydrogen) atoms. The monoisotopic (exact) mass is 274 g/mol. The second-order valence-corrected chi connectivity index (χ2v) is 6.90. The molecule has 0 spiro atoms. The van der Waals surface area contributed by atoms with E-state index in [0.29, 0.717) is 17.8 Å². The predicted molar refractivity (Wildman–Crippen MR) is 71.6 cm³/mol. The Labute approximate surface area is 116 Å². The maximum Gasteiger partial charge on any atom is 0.352 e. The Hall–Kier alpha value is -1.65. The molecule has 1 N–H and O–H groups in total. The van der Waals surface area contributed by atoms with Gasteiger partial charge in [-0.3, -0.25) is 4.57 Å². The van der Waals surface area contributed by atoms with Crippen molar-refractivity contribution in [2.75, 3.05) is 0 Å². The van der Waals surface area contributed by atoms with Gasteiger partial charge in [-0.25, -0.2) is 14.6 Å². The lowest BCUT2D eigenvalue weighted by molar-refractivity contribution is -0.0469. The van der Waals surface area contributed by atoms with E-state index in [1.165, 1.54) is 36.1 Å². The third-order valence-corrected chi connectivity index (χ3v) is 5.55. The highest BCUT2D eigenvalue weighted by Crippen LogP contribution is 2.58. The standard InChI is InChI=1S/C15H18N2O3/c18-13(19)12-1-2-16-14(20)17(12)15-6-9-3-10(7-15)5-11(4-9)8-15/h1-2,9-11H,3-8H2,(H,18,19). The number of aromatic nitrogens is 2. The zero-order valence-corrected chi connectivity index (χ0v) is 11.3. The SMILES string of the molecule is O=C(O)c1ccnc(=O)n1C12CC3CC(CC(C3)C1)C2. The van der Waals surface area contributed by atoms with Gasteiger partial charge in [-0.15, -0.1) is 0 Å². The van der Waals surface area contributed by atoms with Crippen molar-refractivity contribution in [1.29, 1.82) is 0 Å². The van der Waals surface area contributed by atoms with Crippen LogP contribution >= 0.6 is 0 Å². The van der Waals surface area contributed by atoms with E-state index < -0.39 is 11.7 Å². The molecule has 4 saturated carbocycles. The smallest absolute Gasteiger partial charge is 0.352 e. The summed E-state index contributed by atoms with van der Waals surface area (Å²) in [5.74, 6) is 0.959. The van der Waals surface area contributed by atoms with Gasteiger partial charge in [0.25, 0.3) is 0 Å². The lowest BCUT2D eigenvalue weighted by atomic mass is 9.53. The number of aromatic carboxylic acids is 1. The normalized spacial score (nSPS) is 38.1. The van der Waals surface area contributed by atoms with Crippen LogP contribution in [0, 0.1) is 17.8 Å². The molecule has 4 bridgehead atoms. The van der Waals surface area contributed by atoms with Crippen LogP contribution in [-0.4, -0.2) is 20.6 Å². The Morgan fingerprint density at radius 3 is 2.25 bits per heavy atom. The van der Waals surface area contributed by atoms with E-state index in [0.717, 1.165) is 19.3 Å². The fourth-order valence-corrected chi connectivity index (χ4v) is 5.37. The Morgan fingerprint density at radius 2 is 1.75 bits per heavy atom. The van der Waals surface area contributed by atoms with E-state index in [4.69, 9.17) is 0 Å². The van der Waals surface area contributed by atoms with Crippen LogP contribution in [0.5, 0.6) is 0 Å². The highest BCUT2D eigenvalue weighted by molar-refractivity contribution is 5.85. The first-order chi connectivity index (χ1) is 9.57. The first kappa shape index (κ1) is 12.1. The van der Waals surface area contributed by atoms with Crippen LogP contribution in [0.25, 0.3) is 0 Å². The highest BCUT2D eigenvalue weighted by Gasteiger charge is 2.53. The van der Waals surface area contributed by atoms with E-state index in [-0.39, 0.29) is 11.2 Å². The Morgan fingerprint density at radius 1 is 1.20 bits per heavy atom. The third kappa shape index (κ3) is 1.58. The van der Waals surface area contributed by atoms with Crippen LogP contribution in [0.15, 0.2) is 17.1 Å². The summed E-state index contributed by atoms with van der Waals surface area (Å²) in [6.45, 7) is 0. The van der Waals surface area contributed by atoms with Gasteiger partial charge in [0.05, 0.1) is 5.54 Å². The van der Waals surface area contributed by atoms with Crippen molar-refractivity contribution in [2.45, 2.75) is 44.1 Å². The average molecular weight is 274 g/mol. The molecular formula is C15H18N2O3. The van der Waals surface area contributed by atoms with Gasteiger partial charge in [0.15, 0.2) is 0 Å². The molecule has 0 amide bonds. The zero-order chi connectivity index (χ0) is 13.9. The molecule has 0 aliphatic heterocycles. The number of rotatable bonds is 2. The van der Waals surface area contributed by atoms with E-state index in [1.54, 1.807) is 0 Å². The molecule has 4 fully saturated rings. The molecular weight excluding hydrogens is 256 g/mol. The van der Waals surface area contributed by atoms with Crippen LogP contribution in [0.2, 0.25) is 0 Å². The molecule has 5 nitrogen and oxygen atoms in total. The van der Waals surface area contributed by atoms with Crippen molar-refractivity contribution in [3.05, 3.63) is 28.4 Å². The van der Waals surface area contributed by atoms with E-state index >= 15 is 0 Å². The lowest BCUT2D eigenvalue weighted by Crippen LogP contribution is -2.56. The summed E-state index contributed by atoms with van der Waals surface area (Å²) in [6, 6.07) is 1.46. The van der Waals surface area contributed by atoms with Crippen LogP contribution in [0.1, 0.15) is 49.0 Å². The molecule has 0 radical (unpaired) electrons. The summed E-state index contributed by atoms with van der Waals surface area (Å²) in [6.07, 6.45) is 7.94. The second-order valence-electron chi connectivity index (χ2n) is 6.90. The van der Waals surface area contributed by atoms with E-state index in [2.05, 4.69) is 4.98 Å². The van der Waals surface area contributed by atoms with Crippen LogP contribution in [0.3, 0.4) is 0 Å². The molecule has 0 saturated heterocycles. The summed E-state index contributed by atoms with van der Waals surface area (Å²) in [7, 11) is 0. The van der Waals surface area contributed by atoms with E-state index in [9.17, 15) is 14.7 Å². The topological polar surface area (TPSA) is 72.2 Å². The summed E-state index contributed by atoms with van der Waals surface area (Å²) < 4.78 is 1.51. The molecule has 0 aromatic carbocycles. The van der Waals surface area contributed by atoms with Crippen molar-refractivity contribution >= 4 is 5.97 Å². The molecule has 0 unspecified atom stereocenters. The summed E-state index contributed by atoms with van der Waals surface area (Å²) >= 11 is 0. The fraction of sp³-hybridized carbons (Fsp3) is 0.667. The molecule has 1 aromatic rings. The molecule has 4 aliphatic rings. The van der Waals surface area contributed by atoms with Gasteiger partial charge < -0.3 is 5.11 Å². The fourth-order valence-electron chi connectivity index (χ4n) is 5.37. The van der Waals surface area contributed by atoms with Crippen LogP contribution in [-0.2, 0) is 5.54 Å². The number of carboxylic acid groups (broad SMARTS) is 1. The van der Waals surface area contributed by atoms with Gasteiger partial charge in [0.2, 0.25) is 0 Å². The number of hydrogen-bond acceptors (Lipinski definition) is 3. The maximum absolute atomic E-state index is 12.2. The third-order valence-electron chi connectivity index (χ3n) is 5.55. The molecule has 106 valence electrons. The molecule has 0 atom stereocenters. The second kappa shape index (κ2) is 3.93. The number of nitrogens with zero attached hydrogens (tertiary/aromatic N) is 2.